The number of hydrogen-bond acceptors (Lipinski definition) is 3. The van der Waals surface area contributed by atoms with E-state index < -0.39 is 0 Å². The van der Waals surface area contributed by atoms with E-state index in [-0.39, 0.29) is 0 Å². The minimum Gasteiger partial charge on any atom is -0.372 e. The Morgan fingerprint density at radius 2 is 1.95 bits per heavy atom. The minimum atomic E-state index is 0.737. The van der Waals surface area contributed by atoms with Gasteiger partial charge in [-0.05, 0) is 44.6 Å². The molecule has 0 heterocycles. The van der Waals surface area contributed by atoms with Crippen LogP contribution in [0.2, 0.25) is 5.02 Å². The van der Waals surface area contributed by atoms with Gasteiger partial charge in [0.05, 0.1) is 10.7 Å². The summed E-state index contributed by atoms with van der Waals surface area (Å²) in [5.41, 5.74) is 2.38. The lowest BCUT2D eigenvalue weighted by molar-refractivity contribution is 0.416. The molecule has 0 bridgehead atoms. The first kappa shape index (κ1) is 14.6. The van der Waals surface area contributed by atoms with Gasteiger partial charge in [0.2, 0.25) is 0 Å². The Kier molecular flexibility index (Phi) is 5.08. The highest BCUT2D eigenvalue weighted by Crippen LogP contribution is 2.26. The van der Waals surface area contributed by atoms with Crippen molar-refractivity contribution in [3.05, 3.63) is 28.8 Å². The molecule has 2 rings (SSSR count). The van der Waals surface area contributed by atoms with Crippen molar-refractivity contribution < 1.29 is 0 Å². The maximum Gasteiger partial charge on any atom is 0.0642 e. The van der Waals surface area contributed by atoms with Crippen molar-refractivity contribution in [2.24, 2.45) is 0 Å². The number of rotatable bonds is 7. The van der Waals surface area contributed by atoms with E-state index >= 15 is 0 Å². The minimum absolute atomic E-state index is 0.737. The van der Waals surface area contributed by atoms with E-state index in [0.29, 0.717) is 0 Å². The van der Waals surface area contributed by atoms with Gasteiger partial charge in [-0.15, -0.1) is 0 Å². The van der Waals surface area contributed by atoms with E-state index in [0.717, 1.165) is 36.4 Å². The van der Waals surface area contributed by atoms with Crippen molar-refractivity contribution in [3.8, 4) is 0 Å². The molecule has 0 aliphatic heterocycles. The summed E-state index contributed by atoms with van der Waals surface area (Å²) in [5, 5.41) is 4.35. The number of nitrogens with one attached hydrogen (secondary N) is 1. The van der Waals surface area contributed by atoms with Crippen molar-refractivity contribution in [2.75, 3.05) is 39.1 Å². The Labute approximate surface area is 121 Å². The van der Waals surface area contributed by atoms with Crippen LogP contribution in [-0.4, -0.2) is 45.2 Å². The van der Waals surface area contributed by atoms with E-state index in [1.54, 1.807) is 0 Å². The van der Waals surface area contributed by atoms with Crippen LogP contribution < -0.4 is 10.2 Å². The summed E-state index contributed by atoms with van der Waals surface area (Å²) in [6.07, 6.45) is 2.64. The van der Waals surface area contributed by atoms with Gasteiger partial charge in [-0.25, -0.2) is 0 Å². The summed E-state index contributed by atoms with van der Waals surface area (Å²) in [6, 6.07) is 7.12. The third-order valence-corrected chi connectivity index (χ3v) is 3.78. The van der Waals surface area contributed by atoms with Gasteiger partial charge in [0.15, 0.2) is 0 Å². The second-order valence-corrected chi connectivity index (χ2v) is 6.07. The lowest BCUT2D eigenvalue weighted by Gasteiger charge is -2.23. The number of anilines is 1. The fourth-order valence-corrected chi connectivity index (χ4v) is 2.34. The predicted octanol–water partition coefficient (Wildman–Crippen LogP) is 2.59. The highest BCUT2D eigenvalue weighted by molar-refractivity contribution is 6.33. The predicted molar refractivity (Wildman–Crippen MR) is 83.1 cm³/mol. The first-order valence-electron chi connectivity index (χ1n) is 6.94. The van der Waals surface area contributed by atoms with E-state index in [1.807, 2.05) is 0 Å². The zero-order valence-electron chi connectivity index (χ0n) is 12.1. The number of benzene rings is 1. The van der Waals surface area contributed by atoms with Crippen molar-refractivity contribution in [1.29, 1.82) is 0 Å². The molecule has 0 atom stereocenters. The first-order valence-corrected chi connectivity index (χ1v) is 7.31. The largest absolute Gasteiger partial charge is 0.372 e. The molecule has 106 valence electrons. The number of hydrogen-bond donors (Lipinski definition) is 1. The Morgan fingerprint density at radius 1 is 1.21 bits per heavy atom. The van der Waals surface area contributed by atoms with Crippen molar-refractivity contribution in [2.45, 2.75) is 25.4 Å². The molecule has 0 radical (unpaired) electrons. The quantitative estimate of drug-likeness (QED) is 0.829. The summed E-state index contributed by atoms with van der Waals surface area (Å²) >= 11 is 6.39. The molecule has 1 aliphatic carbocycles. The average molecular weight is 282 g/mol. The summed E-state index contributed by atoms with van der Waals surface area (Å²) < 4.78 is 0. The standard InChI is InChI=1S/C15H24ClN3/c1-18(2)8-9-19(3)15-7-4-12(10-14(15)16)11-17-13-5-6-13/h4,7,10,13,17H,5-6,8-9,11H2,1-3H3. The van der Waals surface area contributed by atoms with Crippen LogP contribution in [0.1, 0.15) is 18.4 Å². The molecule has 1 fully saturated rings. The molecular weight excluding hydrogens is 258 g/mol. The van der Waals surface area contributed by atoms with Crippen LogP contribution in [0, 0.1) is 0 Å². The molecule has 1 aromatic carbocycles. The molecule has 0 unspecified atom stereocenters. The summed E-state index contributed by atoms with van der Waals surface area (Å²) in [5.74, 6) is 0. The molecule has 19 heavy (non-hydrogen) atoms. The number of nitrogens with zero attached hydrogens (tertiary/aromatic N) is 2. The Hall–Kier alpha value is -0.770. The van der Waals surface area contributed by atoms with Crippen molar-refractivity contribution >= 4 is 17.3 Å². The fourth-order valence-electron chi connectivity index (χ4n) is 1.99. The Morgan fingerprint density at radius 3 is 2.53 bits per heavy atom. The summed E-state index contributed by atoms with van der Waals surface area (Å²) in [4.78, 5) is 4.39. The molecular formula is C15H24ClN3. The van der Waals surface area contributed by atoms with Gasteiger partial charge in [-0.1, -0.05) is 17.7 Å². The van der Waals surface area contributed by atoms with Gasteiger partial charge in [-0.3, -0.25) is 0 Å². The van der Waals surface area contributed by atoms with Crippen LogP contribution in [-0.2, 0) is 6.54 Å². The number of halogens is 1. The second kappa shape index (κ2) is 6.60. The normalized spacial score (nSPS) is 15.0. The summed E-state index contributed by atoms with van der Waals surface area (Å²) in [7, 11) is 6.26. The van der Waals surface area contributed by atoms with Crippen molar-refractivity contribution in [3.63, 3.8) is 0 Å². The average Bonchev–Trinajstić information content (AvgIpc) is 3.17. The molecule has 3 nitrogen and oxygen atoms in total. The van der Waals surface area contributed by atoms with Gasteiger partial charge in [0.25, 0.3) is 0 Å². The summed E-state index contributed by atoms with van der Waals surface area (Å²) in [6.45, 7) is 2.93. The third kappa shape index (κ3) is 4.68. The molecule has 0 amide bonds. The molecule has 4 heteroatoms. The monoisotopic (exact) mass is 281 g/mol. The molecule has 0 spiro atoms. The van der Waals surface area contributed by atoms with Crippen LogP contribution >= 0.6 is 11.6 Å². The molecule has 1 aromatic rings. The van der Waals surface area contributed by atoms with Crippen molar-refractivity contribution in [1.82, 2.24) is 10.2 Å². The van der Waals surface area contributed by atoms with Gasteiger partial charge in [0, 0.05) is 32.7 Å². The second-order valence-electron chi connectivity index (χ2n) is 5.67. The van der Waals surface area contributed by atoms with Crippen LogP contribution in [0.25, 0.3) is 0 Å². The number of likely N-dealkylation sites (N-methyl/N-ethyl adjacent to an activating group) is 2. The molecule has 0 saturated heterocycles. The molecule has 1 aliphatic rings. The van der Waals surface area contributed by atoms with E-state index in [2.05, 4.69) is 54.5 Å². The zero-order chi connectivity index (χ0) is 13.8. The van der Waals surface area contributed by atoms with Gasteiger partial charge in [-0.2, -0.15) is 0 Å². The Balaban J connectivity index is 1.92. The highest BCUT2D eigenvalue weighted by Gasteiger charge is 2.20. The van der Waals surface area contributed by atoms with Gasteiger partial charge >= 0.3 is 0 Å². The zero-order valence-corrected chi connectivity index (χ0v) is 12.9. The first-order chi connectivity index (χ1) is 9.06. The third-order valence-electron chi connectivity index (χ3n) is 3.48. The maximum absolute atomic E-state index is 6.39. The fraction of sp³-hybridized carbons (Fsp3) is 0.600. The van der Waals surface area contributed by atoms with E-state index in [9.17, 15) is 0 Å². The van der Waals surface area contributed by atoms with Crippen LogP contribution in [0.5, 0.6) is 0 Å². The highest BCUT2D eigenvalue weighted by atomic mass is 35.5. The lowest BCUT2D eigenvalue weighted by Crippen LogP contribution is -2.28. The lowest BCUT2D eigenvalue weighted by atomic mass is 10.2. The van der Waals surface area contributed by atoms with Crippen LogP contribution in [0.15, 0.2) is 18.2 Å². The van der Waals surface area contributed by atoms with Crippen LogP contribution in [0.3, 0.4) is 0 Å². The van der Waals surface area contributed by atoms with Gasteiger partial charge in [0.1, 0.15) is 0 Å². The van der Waals surface area contributed by atoms with Gasteiger partial charge < -0.3 is 15.1 Å². The van der Waals surface area contributed by atoms with E-state index in [1.165, 1.54) is 18.4 Å². The molecule has 1 saturated carbocycles. The SMILES string of the molecule is CN(C)CCN(C)c1ccc(CNC2CC2)cc1Cl. The Bertz CT molecular complexity index is 416. The maximum atomic E-state index is 6.39. The topological polar surface area (TPSA) is 18.5 Å². The van der Waals surface area contributed by atoms with Crippen LogP contribution in [0.4, 0.5) is 5.69 Å². The smallest absolute Gasteiger partial charge is 0.0642 e. The molecule has 0 aromatic heterocycles. The molecule has 1 N–H and O–H groups in total. The van der Waals surface area contributed by atoms with E-state index in [4.69, 9.17) is 11.6 Å².